The van der Waals surface area contributed by atoms with Crippen LogP contribution in [0.3, 0.4) is 0 Å². The average Bonchev–Trinajstić information content (AvgIpc) is 3.70. The van der Waals surface area contributed by atoms with Crippen molar-refractivity contribution in [3.63, 3.8) is 0 Å². The van der Waals surface area contributed by atoms with Gasteiger partial charge in [0.15, 0.2) is 0 Å². The summed E-state index contributed by atoms with van der Waals surface area (Å²) in [4.78, 5) is 2.46. The van der Waals surface area contributed by atoms with Crippen LogP contribution < -0.4 is 4.90 Å². The maximum absolute atomic E-state index is 2.46. The van der Waals surface area contributed by atoms with Gasteiger partial charge in [-0.3, -0.25) is 0 Å². The molecule has 0 fully saturated rings. The Morgan fingerprint density at radius 3 is 1.63 bits per heavy atom. The number of anilines is 3. The highest BCUT2D eigenvalue weighted by Gasteiger charge is 2.21. The molecule has 60 heavy (non-hydrogen) atoms. The number of thiophene rings is 1. The van der Waals surface area contributed by atoms with Gasteiger partial charge in [0, 0.05) is 36.9 Å². The Bertz CT molecular complexity index is 3600. The van der Waals surface area contributed by atoms with E-state index in [9.17, 15) is 0 Å². The molecule has 12 rings (SSSR count). The zero-order valence-corrected chi connectivity index (χ0v) is 33.5. The number of hydrogen-bond donors (Lipinski definition) is 0. The molecule has 0 saturated heterocycles. The van der Waals surface area contributed by atoms with Crippen LogP contribution in [0.4, 0.5) is 17.1 Å². The van der Waals surface area contributed by atoms with E-state index in [0.717, 1.165) is 17.1 Å². The summed E-state index contributed by atoms with van der Waals surface area (Å²) < 4.78 is 2.61. The van der Waals surface area contributed by atoms with Crippen molar-refractivity contribution in [2.45, 2.75) is 0 Å². The molecule has 0 radical (unpaired) electrons. The topological polar surface area (TPSA) is 3.24 Å². The minimum Gasteiger partial charge on any atom is -0.310 e. The monoisotopic (exact) mass is 779 g/mol. The Morgan fingerprint density at radius 1 is 0.267 bits per heavy atom. The van der Waals surface area contributed by atoms with Crippen molar-refractivity contribution in [3.8, 4) is 33.4 Å². The number of nitrogens with zero attached hydrogens (tertiary/aromatic N) is 1. The van der Waals surface area contributed by atoms with E-state index in [2.05, 4.69) is 229 Å². The fraction of sp³-hybridized carbons (Fsp3) is 0. The molecule has 1 aromatic heterocycles. The molecular weight excluding hydrogens is 743 g/mol. The molecule has 0 N–H and O–H groups in total. The van der Waals surface area contributed by atoms with Crippen LogP contribution >= 0.6 is 11.3 Å². The summed E-state index contributed by atoms with van der Waals surface area (Å²) in [6, 6.07) is 82.6. The molecule has 0 aliphatic heterocycles. The quantitative estimate of drug-likeness (QED) is 0.152. The van der Waals surface area contributed by atoms with Gasteiger partial charge in [-0.05, 0) is 120 Å². The van der Waals surface area contributed by atoms with Gasteiger partial charge in [-0.15, -0.1) is 11.3 Å². The van der Waals surface area contributed by atoms with E-state index in [-0.39, 0.29) is 0 Å². The molecule has 0 unspecified atom stereocenters. The van der Waals surface area contributed by atoms with Crippen molar-refractivity contribution in [2.24, 2.45) is 0 Å². The number of fused-ring (bicyclic) bond motifs is 9. The van der Waals surface area contributed by atoms with E-state index in [1.807, 2.05) is 11.3 Å². The molecule has 0 atom stereocenters. The smallest absolute Gasteiger partial charge is 0.0540 e. The van der Waals surface area contributed by atoms with Gasteiger partial charge in [-0.1, -0.05) is 176 Å². The largest absolute Gasteiger partial charge is 0.310 e. The van der Waals surface area contributed by atoms with Crippen LogP contribution in [0.25, 0.3) is 96.6 Å². The van der Waals surface area contributed by atoms with Gasteiger partial charge in [-0.25, -0.2) is 0 Å². The SMILES string of the molecule is c1ccc(-c2c(-c3ccccc3)c3cc(-c4cccc(N(c5ccc6sc7ccccc7c6c5)c5cccc6c5ccc5ccccc56)c4)ccc3c3ccccc23)cc1. The van der Waals surface area contributed by atoms with Crippen LogP contribution in [0.15, 0.2) is 224 Å². The summed E-state index contributed by atoms with van der Waals surface area (Å²) in [7, 11) is 0. The van der Waals surface area contributed by atoms with E-state index < -0.39 is 0 Å². The molecule has 1 nitrogen and oxygen atoms in total. The lowest BCUT2D eigenvalue weighted by Crippen LogP contribution is -2.10. The van der Waals surface area contributed by atoms with Crippen molar-refractivity contribution in [1.82, 2.24) is 0 Å². The second-order valence-electron chi connectivity index (χ2n) is 15.6. The zero-order chi connectivity index (χ0) is 39.6. The molecule has 0 saturated carbocycles. The second-order valence-corrected chi connectivity index (χ2v) is 16.7. The number of benzene rings is 11. The number of rotatable bonds is 6. The molecule has 280 valence electrons. The molecule has 0 bridgehead atoms. The van der Waals surface area contributed by atoms with E-state index >= 15 is 0 Å². The van der Waals surface area contributed by atoms with E-state index in [0.29, 0.717) is 0 Å². The summed E-state index contributed by atoms with van der Waals surface area (Å²) >= 11 is 1.86. The Kier molecular flexibility index (Phi) is 8.11. The van der Waals surface area contributed by atoms with Crippen LogP contribution in [0.5, 0.6) is 0 Å². The van der Waals surface area contributed by atoms with Gasteiger partial charge in [0.2, 0.25) is 0 Å². The summed E-state index contributed by atoms with van der Waals surface area (Å²) in [5.41, 5.74) is 10.7. The molecule has 0 aliphatic rings. The molecule has 12 aromatic rings. The first-order valence-electron chi connectivity index (χ1n) is 20.6. The van der Waals surface area contributed by atoms with Crippen LogP contribution in [0, 0.1) is 0 Å². The third-order valence-corrected chi connectivity index (χ3v) is 13.4. The maximum atomic E-state index is 2.46. The Balaban J connectivity index is 1.10. The molecular formula is C58H37NS. The van der Waals surface area contributed by atoms with E-state index in [1.54, 1.807) is 0 Å². The van der Waals surface area contributed by atoms with Gasteiger partial charge in [0.25, 0.3) is 0 Å². The molecule has 11 aromatic carbocycles. The van der Waals surface area contributed by atoms with Crippen molar-refractivity contribution < 1.29 is 0 Å². The third kappa shape index (κ3) is 5.61. The summed E-state index contributed by atoms with van der Waals surface area (Å²) in [5.74, 6) is 0. The lowest BCUT2D eigenvalue weighted by molar-refractivity contribution is 1.31. The van der Waals surface area contributed by atoms with E-state index in [1.165, 1.54) is 96.6 Å². The minimum atomic E-state index is 1.11. The molecule has 0 aliphatic carbocycles. The first-order valence-corrected chi connectivity index (χ1v) is 21.4. The van der Waals surface area contributed by atoms with Crippen LogP contribution in [0.2, 0.25) is 0 Å². The number of hydrogen-bond acceptors (Lipinski definition) is 2. The average molecular weight is 780 g/mol. The first kappa shape index (κ1) is 34.5. The summed E-state index contributed by atoms with van der Waals surface area (Å²) in [6.45, 7) is 0. The van der Waals surface area contributed by atoms with Gasteiger partial charge >= 0.3 is 0 Å². The highest BCUT2D eigenvalue weighted by molar-refractivity contribution is 7.25. The second kappa shape index (κ2) is 14.1. The van der Waals surface area contributed by atoms with Crippen LogP contribution in [-0.4, -0.2) is 0 Å². The van der Waals surface area contributed by atoms with Gasteiger partial charge in [0.05, 0.1) is 5.69 Å². The fourth-order valence-electron chi connectivity index (χ4n) is 9.50. The van der Waals surface area contributed by atoms with Crippen molar-refractivity contribution in [1.29, 1.82) is 0 Å². The standard InChI is InChI=1S/C58H37NS/c1-3-16-39(17-4-1)57-51-25-10-9-23-47(51)48-32-30-42(36-53(48)58(57)40-18-5-2-6-19-40)41-20-13-21-43(35-41)59(44-31-34-56-52(37-44)50-24-11-12-28-55(50)60-56)54-27-14-26-46-45-22-8-7-15-38(45)29-33-49(46)54/h1-37H. The minimum absolute atomic E-state index is 1.11. The lowest BCUT2D eigenvalue weighted by Gasteiger charge is -2.28. The third-order valence-electron chi connectivity index (χ3n) is 12.2. The Hall–Kier alpha value is -7.52. The first-order chi connectivity index (χ1) is 29.8. The Morgan fingerprint density at radius 2 is 0.817 bits per heavy atom. The summed E-state index contributed by atoms with van der Waals surface area (Å²) in [5, 5.41) is 12.6. The normalized spacial score (nSPS) is 11.7. The molecule has 2 heteroatoms. The molecule has 1 heterocycles. The summed E-state index contributed by atoms with van der Waals surface area (Å²) in [6.07, 6.45) is 0. The van der Waals surface area contributed by atoms with Crippen molar-refractivity contribution in [3.05, 3.63) is 224 Å². The van der Waals surface area contributed by atoms with Crippen molar-refractivity contribution >= 4 is 91.7 Å². The highest BCUT2D eigenvalue weighted by Crippen LogP contribution is 2.47. The molecule has 0 spiro atoms. The predicted octanol–water partition coefficient (Wildman–Crippen LogP) is 17.1. The van der Waals surface area contributed by atoms with Gasteiger partial charge < -0.3 is 4.90 Å². The predicted molar refractivity (Wildman–Crippen MR) is 260 cm³/mol. The van der Waals surface area contributed by atoms with Crippen LogP contribution in [0.1, 0.15) is 0 Å². The zero-order valence-electron chi connectivity index (χ0n) is 32.7. The lowest BCUT2D eigenvalue weighted by atomic mass is 9.84. The van der Waals surface area contributed by atoms with Gasteiger partial charge in [0.1, 0.15) is 0 Å². The highest BCUT2D eigenvalue weighted by atomic mass is 32.1. The fourth-order valence-corrected chi connectivity index (χ4v) is 10.6. The van der Waals surface area contributed by atoms with Gasteiger partial charge in [-0.2, -0.15) is 0 Å². The van der Waals surface area contributed by atoms with Crippen LogP contribution in [-0.2, 0) is 0 Å². The van der Waals surface area contributed by atoms with E-state index in [4.69, 9.17) is 0 Å². The van der Waals surface area contributed by atoms with Crippen molar-refractivity contribution in [2.75, 3.05) is 4.90 Å². The maximum Gasteiger partial charge on any atom is 0.0540 e. The molecule has 0 amide bonds. The Labute approximate surface area is 352 Å².